The summed E-state index contributed by atoms with van der Waals surface area (Å²) < 4.78 is 1.76. The minimum absolute atomic E-state index is 0.319. The van der Waals surface area contributed by atoms with E-state index in [4.69, 9.17) is 16.9 Å². The highest BCUT2D eigenvalue weighted by atomic mass is 35.5. The molecule has 0 aliphatic heterocycles. The van der Waals surface area contributed by atoms with E-state index in [9.17, 15) is 0 Å². The zero-order valence-corrected chi connectivity index (χ0v) is 8.76. The summed E-state index contributed by atoms with van der Waals surface area (Å²) in [6.45, 7) is 4.21. The number of rotatable bonds is 2. The van der Waals surface area contributed by atoms with Gasteiger partial charge in [0.05, 0.1) is 0 Å². The summed E-state index contributed by atoms with van der Waals surface area (Å²) >= 11 is 5.88. The molecule has 0 aliphatic rings. The van der Waals surface area contributed by atoms with Gasteiger partial charge >= 0.3 is 0 Å². The number of nitrogens with zero attached hydrogens (tertiary/aromatic N) is 3. The fourth-order valence-corrected chi connectivity index (χ4v) is 1.32. The maximum absolute atomic E-state index is 8.68. The van der Waals surface area contributed by atoms with Gasteiger partial charge in [-0.05, 0) is 5.92 Å². The first kappa shape index (κ1) is 10.1. The fourth-order valence-electron chi connectivity index (χ4n) is 1.14. The van der Waals surface area contributed by atoms with Crippen LogP contribution in [0.15, 0.2) is 0 Å². The lowest BCUT2D eigenvalue weighted by atomic mass is 10.1. The minimum atomic E-state index is 0.319. The van der Waals surface area contributed by atoms with Gasteiger partial charge in [0.2, 0.25) is 0 Å². The molecule has 0 spiro atoms. The highest BCUT2D eigenvalue weighted by Gasteiger charge is 2.12. The molecule has 0 amide bonds. The van der Waals surface area contributed by atoms with Gasteiger partial charge in [-0.25, -0.2) is 4.98 Å². The van der Waals surface area contributed by atoms with Crippen LogP contribution in [0.25, 0.3) is 0 Å². The lowest BCUT2D eigenvalue weighted by molar-refractivity contribution is 0.602. The largest absolute Gasteiger partial charge is 0.321 e. The Labute approximate surface area is 83.0 Å². The molecule has 0 unspecified atom stereocenters. The number of aromatic nitrogens is 2. The topological polar surface area (TPSA) is 41.6 Å². The van der Waals surface area contributed by atoms with E-state index < -0.39 is 0 Å². The van der Waals surface area contributed by atoms with Crippen LogP contribution in [0, 0.1) is 17.2 Å². The highest BCUT2D eigenvalue weighted by molar-refractivity contribution is 6.30. The monoisotopic (exact) mass is 197 g/mol. The van der Waals surface area contributed by atoms with Crippen LogP contribution in [0.5, 0.6) is 0 Å². The predicted octanol–water partition coefficient (Wildman–Crippen LogP) is 2.14. The third kappa shape index (κ3) is 2.02. The molecule has 13 heavy (non-hydrogen) atoms. The molecule has 0 aliphatic carbocycles. The Morgan fingerprint density at radius 1 is 1.62 bits per heavy atom. The Morgan fingerprint density at radius 3 is 2.62 bits per heavy atom. The van der Waals surface area contributed by atoms with E-state index in [-0.39, 0.29) is 0 Å². The van der Waals surface area contributed by atoms with Gasteiger partial charge in [0.25, 0.3) is 0 Å². The number of nitriles is 1. The molecule has 1 heterocycles. The summed E-state index contributed by atoms with van der Waals surface area (Å²) in [7, 11) is 1.83. The first-order valence-corrected chi connectivity index (χ1v) is 4.55. The lowest BCUT2D eigenvalue weighted by Crippen LogP contribution is -2.02. The second kappa shape index (κ2) is 3.80. The van der Waals surface area contributed by atoms with E-state index in [1.54, 1.807) is 4.57 Å². The first-order valence-electron chi connectivity index (χ1n) is 4.17. The van der Waals surface area contributed by atoms with Gasteiger partial charge in [0.15, 0.2) is 5.69 Å². The molecule has 3 nitrogen and oxygen atoms in total. The summed E-state index contributed by atoms with van der Waals surface area (Å²) in [6.07, 6.45) is 0.845. The Morgan fingerprint density at radius 2 is 2.23 bits per heavy atom. The van der Waals surface area contributed by atoms with Crippen molar-refractivity contribution in [2.45, 2.75) is 20.3 Å². The van der Waals surface area contributed by atoms with Gasteiger partial charge in [-0.1, -0.05) is 25.4 Å². The van der Waals surface area contributed by atoms with Crippen LogP contribution in [0.3, 0.4) is 0 Å². The fraction of sp³-hybridized carbons (Fsp3) is 0.556. The average molecular weight is 198 g/mol. The molecule has 0 atom stereocenters. The van der Waals surface area contributed by atoms with Gasteiger partial charge in [-0.15, -0.1) is 0 Å². The number of hydrogen-bond donors (Lipinski definition) is 0. The number of imidazole rings is 1. The van der Waals surface area contributed by atoms with Crippen LogP contribution < -0.4 is 0 Å². The molecule has 0 fully saturated rings. The quantitative estimate of drug-likeness (QED) is 0.729. The second-order valence-electron chi connectivity index (χ2n) is 3.44. The lowest BCUT2D eigenvalue weighted by Gasteiger charge is -2.03. The van der Waals surface area contributed by atoms with Crippen molar-refractivity contribution in [3.63, 3.8) is 0 Å². The van der Waals surface area contributed by atoms with Gasteiger partial charge in [-0.2, -0.15) is 5.26 Å². The van der Waals surface area contributed by atoms with E-state index in [1.165, 1.54) is 0 Å². The van der Waals surface area contributed by atoms with Crippen LogP contribution in [-0.4, -0.2) is 9.55 Å². The van der Waals surface area contributed by atoms with Crippen LogP contribution in [0.1, 0.15) is 25.4 Å². The average Bonchev–Trinajstić information content (AvgIpc) is 2.32. The van der Waals surface area contributed by atoms with Crippen LogP contribution in [0.2, 0.25) is 5.15 Å². The summed E-state index contributed by atoms with van der Waals surface area (Å²) in [5, 5.41) is 9.11. The van der Waals surface area contributed by atoms with Gasteiger partial charge < -0.3 is 4.57 Å². The van der Waals surface area contributed by atoms with Gasteiger partial charge in [-0.3, -0.25) is 0 Å². The number of halogens is 1. The third-order valence-corrected chi connectivity index (χ3v) is 2.25. The molecule has 0 N–H and O–H groups in total. The Kier molecular flexibility index (Phi) is 2.94. The Bertz CT molecular complexity index is 346. The SMILES string of the molecule is CC(C)Cc1nc(C#N)c(Cl)n1C. The molecule has 70 valence electrons. The zero-order chi connectivity index (χ0) is 10.0. The van der Waals surface area contributed by atoms with Crippen molar-refractivity contribution in [3.05, 3.63) is 16.7 Å². The molecule has 0 radical (unpaired) electrons. The molecule has 0 saturated carbocycles. The first-order chi connectivity index (χ1) is 6.06. The Hall–Kier alpha value is -1.01. The van der Waals surface area contributed by atoms with Crippen molar-refractivity contribution in [2.75, 3.05) is 0 Å². The molecular weight excluding hydrogens is 186 g/mol. The molecule has 0 saturated heterocycles. The molecule has 0 bridgehead atoms. The van der Waals surface area contributed by atoms with Crippen molar-refractivity contribution in [1.82, 2.24) is 9.55 Å². The van der Waals surface area contributed by atoms with Crippen molar-refractivity contribution in [2.24, 2.45) is 13.0 Å². The van der Waals surface area contributed by atoms with Crippen LogP contribution in [0.4, 0.5) is 0 Å². The number of hydrogen-bond acceptors (Lipinski definition) is 2. The van der Waals surface area contributed by atoms with Crippen LogP contribution >= 0.6 is 11.6 Å². The van der Waals surface area contributed by atoms with Crippen molar-refractivity contribution in [1.29, 1.82) is 5.26 Å². The Balaban J connectivity index is 3.04. The molecule has 4 heteroatoms. The second-order valence-corrected chi connectivity index (χ2v) is 3.79. The van der Waals surface area contributed by atoms with E-state index >= 15 is 0 Å². The molecule has 1 aromatic heterocycles. The summed E-state index contributed by atoms with van der Waals surface area (Å²) in [4.78, 5) is 4.14. The third-order valence-electron chi connectivity index (χ3n) is 1.81. The summed E-state index contributed by atoms with van der Waals surface area (Å²) in [6, 6.07) is 1.97. The zero-order valence-electron chi connectivity index (χ0n) is 8.00. The molecule has 0 aromatic carbocycles. The summed E-state index contributed by atoms with van der Waals surface area (Å²) in [5.74, 6) is 1.39. The van der Waals surface area contributed by atoms with Gasteiger partial charge in [0, 0.05) is 13.5 Å². The van der Waals surface area contributed by atoms with E-state index in [2.05, 4.69) is 18.8 Å². The van der Waals surface area contributed by atoms with Crippen molar-refractivity contribution < 1.29 is 0 Å². The smallest absolute Gasteiger partial charge is 0.177 e. The normalized spacial score (nSPS) is 10.5. The predicted molar refractivity (Wildman–Crippen MR) is 51.5 cm³/mol. The maximum Gasteiger partial charge on any atom is 0.177 e. The summed E-state index contributed by atoms with van der Waals surface area (Å²) in [5.41, 5.74) is 0.319. The minimum Gasteiger partial charge on any atom is -0.321 e. The van der Waals surface area contributed by atoms with Crippen molar-refractivity contribution >= 4 is 11.6 Å². The van der Waals surface area contributed by atoms with Crippen LogP contribution in [-0.2, 0) is 13.5 Å². The maximum atomic E-state index is 8.68. The van der Waals surface area contributed by atoms with E-state index in [1.807, 2.05) is 13.1 Å². The molecular formula is C9H12ClN3. The standard InChI is InChI=1S/C9H12ClN3/c1-6(2)4-8-12-7(5-11)9(10)13(8)3/h6H,4H2,1-3H3. The van der Waals surface area contributed by atoms with Gasteiger partial charge in [0.1, 0.15) is 17.0 Å². The molecule has 1 aromatic rings. The van der Waals surface area contributed by atoms with Crippen molar-refractivity contribution in [3.8, 4) is 6.07 Å². The molecule has 1 rings (SSSR count). The van der Waals surface area contributed by atoms with E-state index in [0.29, 0.717) is 16.8 Å². The van der Waals surface area contributed by atoms with E-state index in [0.717, 1.165) is 12.2 Å². The highest BCUT2D eigenvalue weighted by Crippen LogP contribution is 2.17.